The van der Waals surface area contributed by atoms with Crippen LogP contribution in [-0.4, -0.2) is 8.86 Å². The Morgan fingerprint density at radius 3 is 1.71 bits per heavy atom. The van der Waals surface area contributed by atoms with Gasteiger partial charge in [-0.15, -0.1) is 0 Å². The van der Waals surface area contributed by atoms with Crippen molar-refractivity contribution in [3.63, 3.8) is 0 Å². The third-order valence-corrected chi connectivity index (χ3v) is 5.70. The van der Waals surface area contributed by atoms with Gasteiger partial charge in [-0.2, -0.15) is 0 Å². The molecule has 1 aliphatic heterocycles. The van der Waals surface area contributed by atoms with Gasteiger partial charge >= 0.3 is 55.7 Å². The normalized spacial score (nSPS) is 43.1. The van der Waals surface area contributed by atoms with Crippen LogP contribution in [0.1, 0.15) is 13.8 Å². The predicted molar refractivity (Wildman–Crippen MR) is 28.1 cm³/mol. The maximum atomic E-state index is 2.39. The number of hydrogen-bond acceptors (Lipinski definition) is 0. The van der Waals surface area contributed by atoms with Gasteiger partial charge in [-0.1, -0.05) is 0 Å². The van der Waals surface area contributed by atoms with Crippen LogP contribution >= 0.6 is 0 Å². The summed E-state index contributed by atoms with van der Waals surface area (Å²) in [5.41, 5.74) is 0. The molecule has 0 bridgehead atoms. The summed E-state index contributed by atoms with van der Waals surface area (Å²) in [5, 5.41) is 0. The van der Waals surface area contributed by atoms with Crippen LogP contribution < -0.4 is 21.2 Å². The number of alkyl halides is 2. The summed E-state index contributed by atoms with van der Waals surface area (Å²) in [6.45, 7) is 4.77. The fourth-order valence-electron chi connectivity index (χ4n) is 0.711. The standard InChI is InChI=1S/C6H12I/c1-5-3-7-4-6(5)2/h5-6H,3-4H2,1-2H3/q-1. The van der Waals surface area contributed by atoms with Gasteiger partial charge in [0.2, 0.25) is 0 Å². The Kier molecular flexibility index (Phi) is 1.95. The van der Waals surface area contributed by atoms with Crippen molar-refractivity contribution in [1.29, 1.82) is 0 Å². The second kappa shape index (κ2) is 2.33. The quantitative estimate of drug-likeness (QED) is 0.333. The molecule has 0 aromatic carbocycles. The van der Waals surface area contributed by atoms with Crippen molar-refractivity contribution in [1.82, 2.24) is 0 Å². The molecule has 0 saturated carbocycles. The number of hydrogen-bond donors (Lipinski definition) is 0. The molecular weight excluding hydrogens is 199 g/mol. The van der Waals surface area contributed by atoms with E-state index in [4.69, 9.17) is 0 Å². The van der Waals surface area contributed by atoms with E-state index < -0.39 is 0 Å². The first-order valence-corrected chi connectivity index (χ1v) is 5.89. The monoisotopic (exact) mass is 211 g/mol. The molecule has 0 nitrogen and oxygen atoms in total. The van der Waals surface area contributed by atoms with Crippen LogP contribution in [0.15, 0.2) is 0 Å². The Bertz CT molecular complexity index is 53.2. The number of rotatable bonds is 0. The van der Waals surface area contributed by atoms with Gasteiger partial charge < -0.3 is 0 Å². The van der Waals surface area contributed by atoms with Crippen LogP contribution in [0, 0.1) is 11.8 Å². The Morgan fingerprint density at radius 1 is 1.14 bits per heavy atom. The van der Waals surface area contributed by atoms with Gasteiger partial charge in [0.15, 0.2) is 0 Å². The van der Waals surface area contributed by atoms with Crippen LogP contribution in [0.3, 0.4) is 0 Å². The Labute approximate surface area is 55.9 Å². The summed E-state index contributed by atoms with van der Waals surface area (Å²) < 4.78 is 3.17. The molecule has 0 aromatic heterocycles. The second-order valence-electron chi connectivity index (χ2n) is 2.45. The summed E-state index contributed by atoms with van der Waals surface area (Å²) in [6, 6.07) is 0. The molecule has 1 saturated heterocycles. The Morgan fingerprint density at radius 2 is 1.57 bits per heavy atom. The molecule has 44 valence electrons. The predicted octanol–water partition coefficient (Wildman–Crippen LogP) is -1.64. The molecule has 7 heavy (non-hydrogen) atoms. The molecular formula is C6H12I-. The van der Waals surface area contributed by atoms with Crippen molar-refractivity contribution in [2.75, 3.05) is 8.86 Å². The van der Waals surface area contributed by atoms with Crippen molar-refractivity contribution in [2.24, 2.45) is 11.8 Å². The van der Waals surface area contributed by atoms with Crippen molar-refractivity contribution >= 4 is 0 Å². The second-order valence-corrected chi connectivity index (χ2v) is 5.29. The molecule has 0 N–H and O–H groups in total. The van der Waals surface area contributed by atoms with E-state index in [1.54, 1.807) is 8.86 Å². The average Bonchev–Trinajstić information content (AvgIpc) is 1.91. The van der Waals surface area contributed by atoms with Crippen molar-refractivity contribution in [3.05, 3.63) is 0 Å². The van der Waals surface area contributed by atoms with Gasteiger partial charge in [0.05, 0.1) is 0 Å². The first-order chi connectivity index (χ1) is 3.30. The van der Waals surface area contributed by atoms with Gasteiger partial charge in [0.25, 0.3) is 0 Å². The van der Waals surface area contributed by atoms with Crippen LogP contribution in [0.5, 0.6) is 0 Å². The molecule has 1 rings (SSSR count). The Balaban J connectivity index is 2.33. The first-order valence-electron chi connectivity index (χ1n) is 2.84. The minimum absolute atomic E-state index is 0.662. The maximum absolute atomic E-state index is 2.39. The molecule has 0 amide bonds. The van der Waals surface area contributed by atoms with E-state index in [1.807, 2.05) is 0 Å². The average molecular weight is 211 g/mol. The van der Waals surface area contributed by atoms with Gasteiger partial charge in [-0.3, -0.25) is 0 Å². The molecule has 0 spiro atoms. The molecule has 2 unspecified atom stereocenters. The van der Waals surface area contributed by atoms with E-state index in [1.165, 1.54) is 0 Å². The summed E-state index contributed by atoms with van der Waals surface area (Å²) in [6.07, 6.45) is 0. The molecule has 1 heterocycles. The summed E-state index contributed by atoms with van der Waals surface area (Å²) >= 11 is 0.662. The van der Waals surface area contributed by atoms with E-state index in [0.29, 0.717) is 21.2 Å². The fourth-order valence-corrected chi connectivity index (χ4v) is 4.77. The number of halogens is 1. The topological polar surface area (TPSA) is 0 Å². The van der Waals surface area contributed by atoms with Crippen LogP contribution in [0.25, 0.3) is 0 Å². The van der Waals surface area contributed by atoms with Gasteiger partial charge in [-0.25, -0.2) is 0 Å². The van der Waals surface area contributed by atoms with Crippen molar-refractivity contribution in [2.45, 2.75) is 13.8 Å². The molecule has 0 aliphatic carbocycles. The third kappa shape index (κ3) is 1.31. The Hall–Kier alpha value is 0.730. The first kappa shape index (κ1) is 5.86. The summed E-state index contributed by atoms with van der Waals surface area (Å²) in [4.78, 5) is 0. The molecule has 1 fully saturated rings. The van der Waals surface area contributed by atoms with Gasteiger partial charge in [-0.05, 0) is 0 Å². The zero-order valence-corrected chi connectivity index (χ0v) is 7.10. The fraction of sp³-hybridized carbons (Fsp3) is 1.00. The summed E-state index contributed by atoms with van der Waals surface area (Å²) in [5.74, 6) is 2.13. The molecule has 0 aromatic rings. The molecule has 2 atom stereocenters. The zero-order valence-electron chi connectivity index (χ0n) is 4.95. The van der Waals surface area contributed by atoms with E-state index in [9.17, 15) is 0 Å². The van der Waals surface area contributed by atoms with E-state index in [2.05, 4.69) is 13.8 Å². The van der Waals surface area contributed by atoms with Crippen LogP contribution in [0.4, 0.5) is 0 Å². The van der Waals surface area contributed by atoms with E-state index in [0.717, 1.165) is 11.8 Å². The molecule has 1 heteroatoms. The van der Waals surface area contributed by atoms with Crippen LogP contribution in [-0.2, 0) is 0 Å². The van der Waals surface area contributed by atoms with Gasteiger partial charge in [0.1, 0.15) is 0 Å². The third-order valence-electron chi connectivity index (χ3n) is 1.68. The van der Waals surface area contributed by atoms with E-state index in [-0.39, 0.29) is 0 Å². The van der Waals surface area contributed by atoms with Crippen molar-refractivity contribution < 1.29 is 21.2 Å². The van der Waals surface area contributed by atoms with E-state index >= 15 is 0 Å². The SMILES string of the molecule is CC1C[I-]CC1C. The van der Waals surface area contributed by atoms with Gasteiger partial charge in [0, 0.05) is 0 Å². The van der Waals surface area contributed by atoms with Crippen molar-refractivity contribution in [3.8, 4) is 0 Å². The molecule has 1 aliphatic rings. The summed E-state index contributed by atoms with van der Waals surface area (Å²) in [7, 11) is 0. The molecule has 0 radical (unpaired) electrons. The van der Waals surface area contributed by atoms with Crippen LogP contribution in [0.2, 0.25) is 0 Å². The zero-order chi connectivity index (χ0) is 5.28. The minimum atomic E-state index is 0.662.